The molecule has 46 heteroatoms. The molecule has 35 nitrogen and oxygen atoms in total. The Balaban J connectivity index is 0.000000201. The lowest BCUT2D eigenvalue weighted by molar-refractivity contribution is -0.134. The fourth-order valence-electron chi connectivity index (χ4n) is 17.7. The van der Waals surface area contributed by atoms with Gasteiger partial charge < -0.3 is 62.9 Å². The molecule has 6 aliphatic rings. The Morgan fingerprint density at radius 3 is 1.69 bits per heavy atom. The number of halogens is 5. The highest BCUT2D eigenvalue weighted by molar-refractivity contribution is 7.93. The van der Waals surface area contributed by atoms with Crippen molar-refractivity contribution >= 4 is 200 Å². The minimum atomic E-state index is -3.82. The number of amides is 4. The van der Waals surface area contributed by atoms with Gasteiger partial charge in [0.15, 0.2) is 27.9 Å². The zero-order chi connectivity index (χ0) is 101. The van der Waals surface area contributed by atoms with Crippen molar-refractivity contribution in [1.82, 2.24) is 48.6 Å². The molecular formula is C97H113Cl4FN20O15S6. The number of sulfonamides is 4. The molecule has 4 N–H and O–H groups in total. The summed E-state index contributed by atoms with van der Waals surface area (Å²) in [5, 5.41) is 4.56. The third-order valence-corrected chi connectivity index (χ3v) is 33.5. The molecular weight excluding hydrogens is 2040 g/mol. The fourth-order valence-corrected chi connectivity index (χ4v) is 24.0. The standard InChI is InChI=1S/C27H29ClFN5O3S.C27H30N6O5S.C24H27ClN6O3S2.C19H15Cl2N3O4S2.6H2/c1-19(34-13-3-4-20-18-21(29)6-11-25(20)34)27(35)33-16-14-32(15-17-33)22-7-9-23(10-8-22)38(36,37)31-24-5-2-12-30-26(24)28;1-19(33-11-9-20-16-24(37-2)25(38-3)17-23(20)33)27(34)32-14-12-31(13-15-32)21-4-6-22(7-5-21)39(35,36)30-26-8-10-28-18-29-26;1-17-14-29(20-5-7-21(8-6-20)36(33,34)28-24-26-16-27-35-24)11-12-31(17)23(32)15-30-10-2-3-18-13-19(25)4-9-22(18)30;20-14-2-1-3-15(17(14)21)28-16-8-10-24(18(16)25)12-4-6-13(7-5-12)30(26,27)23-19-22-9-11-29-19;;;;;;/h2,5-12,18-19,31H,3-4,13-17H2,1H3;4-11,16-19H,12-15H2,1-3H3,(H,28,29,30);4-9,13,16-17H,2-3,10-12,14-15H2,1H3,(H,26,27,28);1-7,9,11,16H,8,10H2,(H,22,23);6*1H/t19-;;17-;16-;;;;;;/m1.01....../s1. The number of aromatic nitrogens is 7. The Morgan fingerprint density at radius 1 is 0.531 bits per heavy atom. The average molecular weight is 2150 g/mol. The molecule has 4 atom stereocenters. The van der Waals surface area contributed by atoms with Crippen LogP contribution >= 0.6 is 69.3 Å². The number of anilines is 10. The summed E-state index contributed by atoms with van der Waals surface area (Å²) >= 11 is 26.4. The number of fused-ring (bicyclic) bond motifs is 3. The summed E-state index contributed by atoms with van der Waals surface area (Å²) < 4.78 is 147. The zero-order valence-corrected chi connectivity index (χ0v) is 85.9. The van der Waals surface area contributed by atoms with Crippen molar-refractivity contribution in [2.75, 3.05) is 161 Å². The summed E-state index contributed by atoms with van der Waals surface area (Å²) in [6, 6.07) is 51.5. The Hall–Kier alpha value is -12.9. The summed E-state index contributed by atoms with van der Waals surface area (Å²) in [6.07, 6.45) is 12.4. The fraction of sp³-hybridized carbons (Fsp3) is 0.299. The maximum Gasteiger partial charge on any atom is 0.268 e. The summed E-state index contributed by atoms with van der Waals surface area (Å²) in [5.41, 5.74) is 8.58. The Bertz CT molecular complexity index is 7240. The van der Waals surface area contributed by atoms with E-state index in [9.17, 15) is 57.2 Å². The number of thiazole rings is 1. The molecule has 4 saturated heterocycles. The molecule has 11 heterocycles. The van der Waals surface area contributed by atoms with Crippen LogP contribution in [0.4, 0.5) is 60.3 Å². The summed E-state index contributed by atoms with van der Waals surface area (Å²) in [6.45, 7) is 15.1. The molecule has 6 aliphatic heterocycles. The lowest BCUT2D eigenvalue weighted by Crippen LogP contribution is -2.56. The number of methoxy groups -OCH3 is 2. The summed E-state index contributed by atoms with van der Waals surface area (Å²) in [5.74, 6) is 1.54. The van der Waals surface area contributed by atoms with Gasteiger partial charge in [-0.25, -0.2) is 63.0 Å². The van der Waals surface area contributed by atoms with E-state index >= 15 is 0 Å². The molecule has 0 spiro atoms. The molecule has 4 amide bonds. The Morgan fingerprint density at radius 2 is 1.10 bits per heavy atom. The maximum absolute atomic E-state index is 13.7. The second kappa shape index (κ2) is 45.4. The number of aryl methyl sites for hydroxylation is 2. The number of hydrogen-bond acceptors (Lipinski definition) is 28. The highest BCUT2D eigenvalue weighted by atomic mass is 35.5. The number of rotatable bonds is 26. The van der Waals surface area contributed by atoms with Gasteiger partial charge in [0.05, 0.1) is 56.6 Å². The molecule has 762 valence electrons. The number of hydrogen-bond donors (Lipinski definition) is 4. The lowest BCUT2D eigenvalue weighted by atomic mass is 9.99. The molecule has 19 rings (SSSR count). The van der Waals surface area contributed by atoms with Gasteiger partial charge >= 0.3 is 0 Å². The number of pyridine rings is 1. The first-order valence-electron chi connectivity index (χ1n) is 45.6. The third-order valence-electron chi connectivity index (χ3n) is 25.1. The van der Waals surface area contributed by atoms with Gasteiger partial charge in [-0.15, -0.1) is 11.3 Å². The maximum atomic E-state index is 13.7. The first-order valence-corrected chi connectivity index (χ1v) is 54.7. The number of nitrogens with zero attached hydrogens (tertiary/aromatic N) is 16. The van der Waals surface area contributed by atoms with Crippen molar-refractivity contribution in [3.05, 3.63) is 268 Å². The molecule has 0 radical (unpaired) electrons. The van der Waals surface area contributed by atoms with E-state index in [1.54, 1.807) is 152 Å². The highest BCUT2D eigenvalue weighted by Gasteiger charge is 2.38. The molecule has 8 aromatic carbocycles. The van der Waals surface area contributed by atoms with E-state index in [2.05, 4.69) is 79.6 Å². The van der Waals surface area contributed by atoms with Crippen LogP contribution in [0.1, 0.15) is 65.8 Å². The lowest BCUT2D eigenvalue weighted by Gasteiger charge is -2.42. The molecule has 1 unspecified atom stereocenters. The first kappa shape index (κ1) is 103. The van der Waals surface area contributed by atoms with Crippen LogP contribution < -0.4 is 62.5 Å². The van der Waals surface area contributed by atoms with Gasteiger partial charge in [-0.2, -0.15) is 4.37 Å². The molecule has 5 aromatic heterocycles. The van der Waals surface area contributed by atoms with Crippen molar-refractivity contribution in [2.24, 2.45) is 0 Å². The molecule has 0 saturated carbocycles. The van der Waals surface area contributed by atoms with Crippen LogP contribution in [0.3, 0.4) is 0 Å². The van der Waals surface area contributed by atoms with Gasteiger partial charge in [-0.3, -0.25) is 38.1 Å². The number of ether oxygens (including phenoxy) is 3. The monoisotopic (exact) mass is 2150 g/mol. The van der Waals surface area contributed by atoms with Crippen molar-refractivity contribution in [1.29, 1.82) is 0 Å². The number of carbonyl (C=O) groups excluding carboxylic acids is 4. The third kappa shape index (κ3) is 24.6. The minimum Gasteiger partial charge on any atom is -0.493 e. The molecule has 4 fully saturated rings. The van der Waals surface area contributed by atoms with Crippen molar-refractivity contribution in [3.8, 4) is 17.2 Å². The van der Waals surface area contributed by atoms with Crippen LogP contribution in [0, 0.1) is 5.82 Å². The van der Waals surface area contributed by atoms with E-state index in [0.717, 1.165) is 100 Å². The van der Waals surface area contributed by atoms with E-state index in [1.165, 1.54) is 72.4 Å². The highest BCUT2D eigenvalue weighted by Crippen LogP contribution is 2.40. The molecule has 0 aliphatic carbocycles. The van der Waals surface area contributed by atoms with Crippen molar-refractivity contribution in [2.45, 2.75) is 96.7 Å². The van der Waals surface area contributed by atoms with Crippen LogP contribution in [0.2, 0.25) is 20.2 Å². The van der Waals surface area contributed by atoms with Crippen LogP contribution in [-0.4, -0.2) is 236 Å². The SMILES string of the molecule is COc1cc2ccn(C(C)C(=O)N3CCN(c4ccc(S(=O)(=O)Nc5ccncn5)cc4)CC3)c2cc1OC.C[C@H](C(=O)N1CCN(c2ccc(S(=O)(=O)Nc3cccnc3Cl)cc2)CC1)N1CCCc2cc(F)ccc21.C[C@H]1CN(c2ccc(S(=O)(=O)Nc3ncns3)cc2)CCN1C(=O)CN1CCCc2cc(Cl)ccc21.O=C1[C@H](Oc2cccc(Cl)c2Cl)CCN1c1ccc(S(=O)(=O)Nc2nccs2)cc1.[HH].[HH].[HH].[HH].[HH].[HH]. The molecule has 0 bridgehead atoms. The van der Waals surface area contributed by atoms with E-state index < -0.39 is 46.2 Å². The first-order chi connectivity index (χ1) is 68.7. The van der Waals surface area contributed by atoms with Gasteiger partial charge in [0, 0.05) is 205 Å². The largest absolute Gasteiger partial charge is 0.493 e. The number of piperazine rings is 3. The van der Waals surface area contributed by atoms with Gasteiger partial charge in [0.25, 0.3) is 46.0 Å². The average Bonchev–Trinajstić information content (AvgIpc) is 1.69. The van der Waals surface area contributed by atoms with E-state index in [1.807, 2.05) is 75.7 Å². The smallest absolute Gasteiger partial charge is 0.268 e. The predicted octanol–water partition coefficient (Wildman–Crippen LogP) is 16.7. The van der Waals surface area contributed by atoms with E-state index in [0.29, 0.717) is 119 Å². The van der Waals surface area contributed by atoms with Gasteiger partial charge in [-0.05, 0) is 234 Å². The molecule has 13 aromatic rings. The van der Waals surface area contributed by atoms with Crippen molar-refractivity contribution < 1.29 is 80.0 Å². The van der Waals surface area contributed by atoms with Crippen LogP contribution in [0.15, 0.2) is 250 Å². The van der Waals surface area contributed by atoms with Crippen LogP contribution in [-0.2, 0) is 72.1 Å². The summed E-state index contributed by atoms with van der Waals surface area (Å²) in [4.78, 5) is 90.6. The Labute approximate surface area is 864 Å². The van der Waals surface area contributed by atoms with E-state index in [-0.39, 0.29) is 108 Å². The summed E-state index contributed by atoms with van der Waals surface area (Å²) in [7, 11) is -11.9. The quantitative estimate of drug-likeness (QED) is 0.0366. The second-order valence-electron chi connectivity index (χ2n) is 34.1. The number of benzene rings is 8. The molecule has 143 heavy (non-hydrogen) atoms. The second-order valence-corrected chi connectivity index (χ2v) is 44.1. The van der Waals surface area contributed by atoms with E-state index in [4.69, 9.17) is 60.6 Å². The van der Waals surface area contributed by atoms with Gasteiger partial charge in [0.2, 0.25) is 22.9 Å². The Kier molecular flexibility index (Phi) is 32.7. The number of carbonyl (C=O) groups is 4. The van der Waals surface area contributed by atoms with Crippen molar-refractivity contribution in [3.63, 3.8) is 0 Å². The zero-order valence-electron chi connectivity index (χ0n) is 78.0. The predicted molar refractivity (Wildman–Crippen MR) is 567 cm³/mol. The minimum absolute atomic E-state index is 0. The van der Waals surface area contributed by atoms with Crippen LogP contribution in [0.25, 0.3) is 10.9 Å². The van der Waals surface area contributed by atoms with Gasteiger partial charge in [0.1, 0.15) is 47.1 Å². The number of nitrogens with one attached hydrogen (secondary N) is 4. The normalized spacial score (nSPS) is 16.5. The van der Waals surface area contributed by atoms with Crippen LogP contribution in [0.5, 0.6) is 17.2 Å². The topological polar surface area (TPSA) is 392 Å². The van der Waals surface area contributed by atoms with Gasteiger partial charge in [-0.1, -0.05) is 52.5 Å².